The second-order valence-corrected chi connectivity index (χ2v) is 5.46. The van der Waals surface area contributed by atoms with Crippen LogP contribution in [0.2, 0.25) is 0 Å². The fourth-order valence-electron chi connectivity index (χ4n) is 2.87. The lowest BCUT2D eigenvalue weighted by Crippen LogP contribution is -2.42. The molecule has 1 aliphatic heterocycles. The third-order valence-electron chi connectivity index (χ3n) is 3.92. The Morgan fingerprint density at radius 3 is 2.52 bits per heavy atom. The number of halogens is 1. The summed E-state index contributed by atoms with van der Waals surface area (Å²) in [5, 5.41) is 11.3. The van der Waals surface area contributed by atoms with Gasteiger partial charge in [-0.3, -0.25) is 10.1 Å². The van der Waals surface area contributed by atoms with Crippen molar-refractivity contribution in [3.05, 3.63) is 69.8 Å². The average Bonchev–Trinajstić information content (AvgIpc) is 2.53. The Bertz CT molecular complexity index is 675. The highest BCUT2D eigenvalue weighted by molar-refractivity contribution is 6.18. The van der Waals surface area contributed by atoms with Gasteiger partial charge < -0.3 is 4.90 Å². The molecule has 1 atom stereocenters. The number of nitrogens with zero attached hydrogens (tertiary/aromatic N) is 2. The number of anilines is 1. The molecule has 4 nitrogen and oxygen atoms in total. The SMILES string of the molecule is O=[N+]([O-])c1ccccc1N1Cc2ccccc2CC1CCl. The van der Waals surface area contributed by atoms with Gasteiger partial charge in [0.05, 0.1) is 4.92 Å². The molecule has 2 aromatic rings. The van der Waals surface area contributed by atoms with Crippen LogP contribution < -0.4 is 4.90 Å². The second kappa shape index (κ2) is 5.74. The number of alkyl halides is 1. The average molecular weight is 303 g/mol. The van der Waals surface area contributed by atoms with Crippen LogP contribution >= 0.6 is 11.6 Å². The zero-order valence-corrected chi connectivity index (χ0v) is 12.2. The van der Waals surface area contributed by atoms with Crippen LogP contribution in [-0.2, 0) is 13.0 Å². The molecule has 1 unspecified atom stereocenters. The van der Waals surface area contributed by atoms with Crippen LogP contribution in [0.3, 0.4) is 0 Å². The molecular formula is C16H15ClN2O2. The van der Waals surface area contributed by atoms with E-state index in [1.807, 2.05) is 23.1 Å². The fourth-order valence-corrected chi connectivity index (χ4v) is 3.14. The summed E-state index contributed by atoms with van der Waals surface area (Å²) in [5.74, 6) is 0.445. The molecule has 0 spiro atoms. The van der Waals surface area contributed by atoms with Crippen LogP contribution in [-0.4, -0.2) is 16.8 Å². The lowest BCUT2D eigenvalue weighted by Gasteiger charge is -2.37. The number of nitro benzene ring substituents is 1. The van der Waals surface area contributed by atoms with E-state index in [-0.39, 0.29) is 16.7 Å². The van der Waals surface area contributed by atoms with Crippen molar-refractivity contribution in [2.75, 3.05) is 10.8 Å². The summed E-state index contributed by atoms with van der Waals surface area (Å²) in [7, 11) is 0. The molecule has 1 aliphatic rings. The van der Waals surface area contributed by atoms with E-state index >= 15 is 0 Å². The molecule has 0 bridgehead atoms. The van der Waals surface area contributed by atoms with Crippen molar-refractivity contribution in [2.45, 2.75) is 19.0 Å². The number of rotatable bonds is 3. The summed E-state index contributed by atoms with van der Waals surface area (Å²) >= 11 is 6.11. The highest BCUT2D eigenvalue weighted by atomic mass is 35.5. The van der Waals surface area contributed by atoms with Gasteiger partial charge in [-0.25, -0.2) is 0 Å². The zero-order valence-electron chi connectivity index (χ0n) is 11.4. The molecular weight excluding hydrogens is 288 g/mol. The fraction of sp³-hybridized carbons (Fsp3) is 0.250. The Morgan fingerprint density at radius 1 is 1.14 bits per heavy atom. The van der Waals surface area contributed by atoms with Gasteiger partial charge in [0.25, 0.3) is 5.69 Å². The van der Waals surface area contributed by atoms with Crippen LogP contribution in [0.1, 0.15) is 11.1 Å². The van der Waals surface area contributed by atoms with E-state index in [0.717, 1.165) is 6.42 Å². The van der Waals surface area contributed by atoms with Gasteiger partial charge in [-0.15, -0.1) is 11.6 Å². The molecule has 2 aromatic carbocycles. The predicted octanol–water partition coefficient (Wildman–Crippen LogP) is 3.76. The maximum Gasteiger partial charge on any atom is 0.292 e. The van der Waals surface area contributed by atoms with Crippen LogP contribution in [0.25, 0.3) is 0 Å². The first kappa shape index (κ1) is 13.9. The first-order chi connectivity index (χ1) is 10.2. The van der Waals surface area contributed by atoms with Crippen molar-refractivity contribution in [1.82, 2.24) is 0 Å². The number of hydrogen-bond acceptors (Lipinski definition) is 3. The van der Waals surface area contributed by atoms with E-state index in [1.165, 1.54) is 11.1 Å². The van der Waals surface area contributed by atoms with Crippen molar-refractivity contribution in [1.29, 1.82) is 0 Å². The summed E-state index contributed by atoms with van der Waals surface area (Å²) in [4.78, 5) is 13.0. The van der Waals surface area contributed by atoms with Gasteiger partial charge in [0.2, 0.25) is 0 Å². The van der Waals surface area contributed by atoms with Gasteiger partial charge in [0.1, 0.15) is 5.69 Å². The normalized spacial score (nSPS) is 17.4. The highest BCUT2D eigenvalue weighted by Crippen LogP contribution is 2.34. The summed E-state index contributed by atoms with van der Waals surface area (Å²) in [6.45, 7) is 0.651. The van der Waals surface area contributed by atoms with Crippen molar-refractivity contribution < 1.29 is 4.92 Å². The van der Waals surface area contributed by atoms with Gasteiger partial charge in [-0.05, 0) is 23.6 Å². The van der Waals surface area contributed by atoms with Crippen LogP contribution in [0, 0.1) is 10.1 Å². The molecule has 0 amide bonds. The first-order valence-electron chi connectivity index (χ1n) is 6.83. The molecule has 0 aliphatic carbocycles. The molecule has 0 fully saturated rings. The smallest absolute Gasteiger partial charge is 0.292 e. The molecule has 0 N–H and O–H groups in total. The Morgan fingerprint density at radius 2 is 1.81 bits per heavy atom. The maximum atomic E-state index is 11.3. The minimum absolute atomic E-state index is 0.0719. The molecule has 0 aromatic heterocycles. The van der Waals surface area contributed by atoms with Crippen molar-refractivity contribution in [3.8, 4) is 0 Å². The minimum Gasteiger partial charge on any atom is -0.357 e. The molecule has 108 valence electrons. The van der Waals surface area contributed by atoms with Crippen LogP contribution in [0.5, 0.6) is 0 Å². The third-order valence-corrected chi connectivity index (χ3v) is 4.28. The number of fused-ring (bicyclic) bond motifs is 1. The third kappa shape index (κ3) is 2.59. The number of hydrogen-bond donors (Lipinski definition) is 0. The van der Waals surface area contributed by atoms with Gasteiger partial charge in [-0.2, -0.15) is 0 Å². The molecule has 0 radical (unpaired) electrons. The van der Waals surface area contributed by atoms with E-state index in [1.54, 1.807) is 18.2 Å². The minimum atomic E-state index is -0.332. The second-order valence-electron chi connectivity index (χ2n) is 5.15. The quantitative estimate of drug-likeness (QED) is 0.492. The van der Waals surface area contributed by atoms with E-state index < -0.39 is 0 Å². The lowest BCUT2D eigenvalue weighted by atomic mass is 9.94. The largest absolute Gasteiger partial charge is 0.357 e. The van der Waals surface area contributed by atoms with E-state index in [4.69, 9.17) is 11.6 Å². The monoisotopic (exact) mass is 302 g/mol. The maximum absolute atomic E-state index is 11.3. The number of nitro groups is 1. The van der Waals surface area contributed by atoms with Crippen LogP contribution in [0.4, 0.5) is 11.4 Å². The molecule has 1 heterocycles. The van der Waals surface area contributed by atoms with E-state index in [9.17, 15) is 10.1 Å². The Balaban J connectivity index is 2.04. The molecule has 0 saturated heterocycles. The van der Waals surface area contributed by atoms with Gasteiger partial charge in [0.15, 0.2) is 0 Å². The Kier molecular flexibility index (Phi) is 3.80. The summed E-state index contributed by atoms with van der Waals surface area (Å²) in [6, 6.07) is 15.1. The van der Waals surface area contributed by atoms with Gasteiger partial charge >= 0.3 is 0 Å². The van der Waals surface area contributed by atoms with E-state index in [2.05, 4.69) is 12.1 Å². The first-order valence-corrected chi connectivity index (χ1v) is 7.37. The van der Waals surface area contributed by atoms with E-state index in [0.29, 0.717) is 18.1 Å². The highest BCUT2D eigenvalue weighted by Gasteiger charge is 2.29. The van der Waals surface area contributed by atoms with Crippen LogP contribution in [0.15, 0.2) is 48.5 Å². The summed E-state index contributed by atoms with van der Waals surface area (Å²) < 4.78 is 0. The summed E-state index contributed by atoms with van der Waals surface area (Å²) in [5.41, 5.74) is 3.25. The van der Waals surface area contributed by atoms with Crippen molar-refractivity contribution in [2.24, 2.45) is 0 Å². The topological polar surface area (TPSA) is 46.4 Å². The molecule has 0 saturated carbocycles. The summed E-state index contributed by atoms with van der Waals surface area (Å²) in [6.07, 6.45) is 0.811. The Hall–Kier alpha value is -2.07. The molecule has 5 heteroatoms. The molecule has 21 heavy (non-hydrogen) atoms. The Labute approximate surface area is 128 Å². The zero-order chi connectivity index (χ0) is 14.8. The number of benzene rings is 2. The standard InChI is InChI=1S/C16H15ClN2O2/c17-10-14-9-12-5-1-2-6-13(12)11-18(14)15-7-3-4-8-16(15)19(20)21/h1-8,14H,9-11H2. The molecule has 3 rings (SSSR count). The van der Waals surface area contributed by atoms with Crippen molar-refractivity contribution in [3.63, 3.8) is 0 Å². The lowest BCUT2D eigenvalue weighted by molar-refractivity contribution is -0.384. The predicted molar refractivity (Wildman–Crippen MR) is 83.9 cm³/mol. The van der Waals surface area contributed by atoms with Gasteiger partial charge in [-0.1, -0.05) is 36.4 Å². The number of para-hydroxylation sites is 2. The van der Waals surface area contributed by atoms with Crippen molar-refractivity contribution >= 4 is 23.0 Å². The van der Waals surface area contributed by atoms with Gasteiger partial charge in [0, 0.05) is 24.5 Å².